The second-order valence-electron chi connectivity index (χ2n) is 6.85. The van der Waals surface area contributed by atoms with Gasteiger partial charge in [0.25, 0.3) is 0 Å². The Morgan fingerprint density at radius 1 is 0.808 bits per heavy atom. The summed E-state index contributed by atoms with van der Waals surface area (Å²) >= 11 is 0. The molecule has 1 N–H and O–H groups in total. The summed E-state index contributed by atoms with van der Waals surface area (Å²) in [6.07, 6.45) is 1.79. The van der Waals surface area contributed by atoms with Gasteiger partial charge in [-0.15, -0.1) is 0 Å². The number of hydrogen-bond acceptors (Lipinski definition) is 1. The highest BCUT2D eigenvalue weighted by Gasteiger charge is 2.23. The summed E-state index contributed by atoms with van der Waals surface area (Å²) in [4.78, 5) is 13.0. The first-order valence-electron chi connectivity index (χ1n) is 9.17. The van der Waals surface area contributed by atoms with E-state index in [9.17, 15) is 4.79 Å². The molecule has 0 saturated carbocycles. The first-order chi connectivity index (χ1) is 12.7. The molecular formula is C24H25NO. The van der Waals surface area contributed by atoms with E-state index in [1.807, 2.05) is 66.7 Å². The summed E-state index contributed by atoms with van der Waals surface area (Å²) in [5.41, 5.74) is 3.23. The van der Waals surface area contributed by atoms with Gasteiger partial charge in [0.05, 0.1) is 5.92 Å². The normalized spacial score (nSPS) is 13.0. The first-order valence-corrected chi connectivity index (χ1v) is 9.17. The Balaban J connectivity index is 1.74. The number of anilines is 1. The molecule has 0 fully saturated rings. The van der Waals surface area contributed by atoms with E-state index in [4.69, 9.17) is 0 Å². The number of rotatable bonds is 7. The summed E-state index contributed by atoms with van der Waals surface area (Å²) < 4.78 is 0. The predicted octanol–water partition coefficient (Wildman–Crippen LogP) is 5.68. The van der Waals surface area contributed by atoms with Crippen LogP contribution in [0.3, 0.4) is 0 Å². The van der Waals surface area contributed by atoms with E-state index in [1.165, 1.54) is 5.56 Å². The van der Waals surface area contributed by atoms with E-state index in [2.05, 4.69) is 36.5 Å². The SMILES string of the molecule is CC(Cc1ccccc1)C[C@@H](C(=O)Nc1ccccc1)c1ccccc1. The number of amides is 1. The van der Waals surface area contributed by atoms with Gasteiger partial charge in [-0.25, -0.2) is 0 Å². The van der Waals surface area contributed by atoms with Gasteiger partial charge in [-0.2, -0.15) is 0 Å². The Kier molecular flexibility index (Phi) is 6.21. The average molecular weight is 343 g/mol. The molecule has 0 radical (unpaired) electrons. The molecule has 0 aliphatic heterocycles. The zero-order valence-corrected chi connectivity index (χ0v) is 15.1. The Morgan fingerprint density at radius 2 is 1.35 bits per heavy atom. The van der Waals surface area contributed by atoms with E-state index in [0.29, 0.717) is 5.92 Å². The molecule has 3 aromatic carbocycles. The number of para-hydroxylation sites is 1. The van der Waals surface area contributed by atoms with Gasteiger partial charge in [0.15, 0.2) is 0 Å². The molecule has 3 aromatic rings. The van der Waals surface area contributed by atoms with Crippen LogP contribution in [0, 0.1) is 5.92 Å². The van der Waals surface area contributed by atoms with Gasteiger partial charge in [-0.1, -0.05) is 85.8 Å². The third-order valence-electron chi connectivity index (χ3n) is 4.62. The second-order valence-corrected chi connectivity index (χ2v) is 6.85. The van der Waals surface area contributed by atoms with Gasteiger partial charge >= 0.3 is 0 Å². The van der Waals surface area contributed by atoms with Crippen LogP contribution in [0.5, 0.6) is 0 Å². The number of nitrogens with one attached hydrogen (secondary N) is 1. The van der Waals surface area contributed by atoms with Crippen molar-refractivity contribution in [2.75, 3.05) is 5.32 Å². The summed E-state index contributed by atoms with van der Waals surface area (Å²) in [6, 6.07) is 30.2. The summed E-state index contributed by atoms with van der Waals surface area (Å²) in [6.45, 7) is 2.22. The van der Waals surface area contributed by atoms with Crippen molar-refractivity contribution in [3.8, 4) is 0 Å². The molecule has 1 unspecified atom stereocenters. The number of carbonyl (C=O) groups is 1. The highest BCUT2D eigenvalue weighted by molar-refractivity contribution is 5.95. The zero-order chi connectivity index (χ0) is 18.2. The van der Waals surface area contributed by atoms with Gasteiger partial charge in [-0.3, -0.25) is 4.79 Å². The molecule has 26 heavy (non-hydrogen) atoms. The lowest BCUT2D eigenvalue weighted by Gasteiger charge is -2.21. The molecule has 0 spiro atoms. The van der Waals surface area contributed by atoms with Gasteiger partial charge in [0.2, 0.25) is 5.91 Å². The van der Waals surface area contributed by atoms with Crippen molar-refractivity contribution in [1.29, 1.82) is 0 Å². The van der Waals surface area contributed by atoms with Gasteiger partial charge in [-0.05, 0) is 42.0 Å². The van der Waals surface area contributed by atoms with Gasteiger partial charge < -0.3 is 5.32 Å². The summed E-state index contributed by atoms with van der Waals surface area (Å²) in [5.74, 6) is 0.307. The maximum absolute atomic E-state index is 13.0. The largest absolute Gasteiger partial charge is 0.326 e. The fourth-order valence-corrected chi connectivity index (χ4v) is 3.33. The molecule has 0 heterocycles. The standard InChI is InChI=1S/C24H25NO/c1-19(17-20-11-5-2-6-12-20)18-23(21-13-7-3-8-14-21)24(26)25-22-15-9-4-10-16-22/h2-16,19,23H,17-18H2,1H3,(H,25,26)/t19?,23-/m1/s1. The third-order valence-corrected chi connectivity index (χ3v) is 4.62. The van der Waals surface area contributed by atoms with Crippen molar-refractivity contribution in [3.05, 3.63) is 102 Å². The quantitative estimate of drug-likeness (QED) is 0.588. The van der Waals surface area contributed by atoms with Crippen molar-refractivity contribution >= 4 is 11.6 Å². The van der Waals surface area contributed by atoms with E-state index >= 15 is 0 Å². The highest BCUT2D eigenvalue weighted by Crippen LogP contribution is 2.27. The maximum Gasteiger partial charge on any atom is 0.231 e. The van der Waals surface area contributed by atoms with Crippen LogP contribution < -0.4 is 5.32 Å². The van der Waals surface area contributed by atoms with Gasteiger partial charge in [0.1, 0.15) is 0 Å². The third kappa shape index (κ3) is 5.06. The van der Waals surface area contributed by atoms with Crippen molar-refractivity contribution in [1.82, 2.24) is 0 Å². The maximum atomic E-state index is 13.0. The van der Waals surface area contributed by atoms with Crippen molar-refractivity contribution in [2.45, 2.75) is 25.7 Å². The average Bonchev–Trinajstić information content (AvgIpc) is 2.68. The predicted molar refractivity (Wildman–Crippen MR) is 108 cm³/mol. The van der Waals surface area contributed by atoms with Crippen molar-refractivity contribution in [3.63, 3.8) is 0 Å². The van der Waals surface area contributed by atoms with Gasteiger partial charge in [0, 0.05) is 5.69 Å². The lowest BCUT2D eigenvalue weighted by atomic mass is 9.86. The summed E-state index contributed by atoms with van der Waals surface area (Å²) in [7, 11) is 0. The Morgan fingerprint density at radius 3 is 1.96 bits per heavy atom. The van der Waals surface area contributed by atoms with Crippen molar-refractivity contribution in [2.24, 2.45) is 5.92 Å². The van der Waals surface area contributed by atoms with Crippen LogP contribution in [0.25, 0.3) is 0 Å². The minimum atomic E-state index is -0.157. The number of hydrogen-bond donors (Lipinski definition) is 1. The second kappa shape index (κ2) is 9.00. The topological polar surface area (TPSA) is 29.1 Å². The summed E-state index contributed by atoms with van der Waals surface area (Å²) in [5, 5.41) is 3.07. The number of benzene rings is 3. The minimum absolute atomic E-state index is 0.0577. The van der Waals surface area contributed by atoms with Crippen LogP contribution in [0.15, 0.2) is 91.0 Å². The molecule has 2 heteroatoms. The molecule has 3 rings (SSSR count). The Bertz CT molecular complexity index is 799. The fraction of sp³-hybridized carbons (Fsp3) is 0.208. The first kappa shape index (κ1) is 17.9. The lowest BCUT2D eigenvalue weighted by Crippen LogP contribution is -2.23. The molecule has 0 aromatic heterocycles. The van der Waals surface area contributed by atoms with E-state index in [1.54, 1.807) is 0 Å². The fourth-order valence-electron chi connectivity index (χ4n) is 3.33. The van der Waals surface area contributed by atoms with Crippen LogP contribution >= 0.6 is 0 Å². The molecule has 132 valence electrons. The van der Waals surface area contributed by atoms with Crippen LogP contribution in [0.2, 0.25) is 0 Å². The molecule has 0 aliphatic rings. The van der Waals surface area contributed by atoms with E-state index in [-0.39, 0.29) is 11.8 Å². The van der Waals surface area contributed by atoms with Crippen LogP contribution in [0.1, 0.15) is 30.4 Å². The Labute approximate surface area is 155 Å². The molecule has 0 saturated heterocycles. The molecule has 0 bridgehead atoms. The molecule has 2 atom stereocenters. The number of carbonyl (C=O) groups excluding carboxylic acids is 1. The molecule has 2 nitrogen and oxygen atoms in total. The van der Waals surface area contributed by atoms with Crippen LogP contribution in [0.4, 0.5) is 5.69 Å². The molecule has 1 amide bonds. The highest BCUT2D eigenvalue weighted by atomic mass is 16.1. The van der Waals surface area contributed by atoms with Crippen molar-refractivity contribution < 1.29 is 4.79 Å². The smallest absolute Gasteiger partial charge is 0.231 e. The van der Waals surface area contributed by atoms with Crippen LogP contribution in [-0.2, 0) is 11.2 Å². The van der Waals surface area contributed by atoms with Crippen LogP contribution in [-0.4, -0.2) is 5.91 Å². The van der Waals surface area contributed by atoms with E-state index < -0.39 is 0 Å². The Hall–Kier alpha value is -2.87. The monoisotopic (exact) mass is 343 g/mol. The lowest BCUT2D eigenvalue weighted by molar-refractivity contribution is -0.118. The zero-order valence-electron chi connectivity index (χ0n) is 15.1. The molecular weight excluding hydrogens is 318 g/mol. The van der Waals surface area contributed by atoms with E-state index in [0.717, 1.165) is 24.1 Å². The minimum Gasteiger partial charge on any atom is -0.326 e. The molecule has 0 aliphatic carbocycles.